The number of rotatable bonds is 1. The molecule has 0 aliphatic heterocycles. The van der Waals surface area contributed by atoms with E-state index in [9.17, 15) is 0 Å². The Balaban J connectivity index is 1.93. The summed E-state index contributed by atoms with van der Waals surface area (Å²) in [6.07, 6.45) is 8.04. The molecule has 0 heterocycles. The summed E-state index contributed by atoms with van der Waals surface area (Å²) < 4.78 is 0. The first-order chi connectivity index (χ1) is 4.40. The number of hydrogen-bond acceptors (Lipinski definition) is 0. The molecule has 2 aliphatic rings. The van der Waals surface area contributed by atoms with Gasteiger partial charge in [-0.3, -0.25) is 0 Å². The molecule has 50 valence electrons. The van der Waals surface area contributed by atoms with E-state index in [1.807, 2.05) is 0 Å². The zero-order chi connectivity index (χ0) is 6.27. The lowest BCUT2D eigenvalue weighted by Crippen LogP contribution is -2.04. The molecule has 0 saturated heterocycles. The molecule has 9 heavy (non-hydrogen) atoms. The highest BCUT2D eigenvalue weighted by Crippen LogP contribution is 2.51. The monoisotopic (exact) mass is 122 g/mol. The Hall–Kier alpha value is -0.260. The van der Waals surface area contributed by atoms with Gasteiger partial charge in [-0.15, -0.1) is 6.58 Å². The van der Waals surface area contributed by atoms with E-state index in [1.54, 1.807) is 0 Å². The topological polar surface area (TPSA) is 0 Å². The van der Waals surface area contributed by atoms with Crippen molar-refractivity contribution in [3.05, 3.63) is 12.7 Å². The van der Waals surface area contributed by atoms with Gasteiger partial charge in [0.25, 0.3) is 0 Å². The van der Waals surface area contributed by atoms with E-state index < -0.39 is 0 Å². The predicted octanol–water partition coefficient (Wildman–Crippen LogP) is 2.61. The van der Waals surface area contributed by atoms with Crippen LogP contribution in [0.2, 0.25) is 0 Å². The summed E-state index contributed by atoms with van der Waals surface area (Å²) in [5.74, 6) is 3.12. The minimum atomic E-state index is 0.869. The standard InChI is InChI=1S/C9H14/c1-2-7-3-4-8-6-9(8)5-7/h2,7-9H,1,3-6H2. The van der Waals surface area contributed by atoms with E-state index >= 15 is 0 Å². The Morgan fingerprint density at radius 2 is 2.00 bits per heavy atom. The first-order valence-corrected chi connectivity index (χ1v) is 4.02. The fourth-order valence-corrected chi connectivity index (χ4v) is 2.10. The molecule has 0 radical (unpaired) electrons. The SMILES string of the molecule is C=CC1CCC2CC2C1. The molecule has 0 spiro atoms. The average molecular weight is 122 g/mol. The molecule has 0 N–H and O–H groups in total. The molecule has 0 aromatic rings. The maximum absolute atomic E-state index is 3.84. The third kappa shape index (κ3) is 0.910. The molecule has 0 heteroatoms. The normalized spacial score (nSPS) is 47.8. The van der Waals surface area contributed by atoms with Crippen molar-refractivity contribution < 1.29 is 0 Å². The fourth-order valence-electron chi connectivity index (χ4n) is 2.10. The molecule has 0 aromatic carbocycles. The molecule has 0 bridgehead atoms. The van der Waals surface area contributed by atoms with Gasteiger partial charge in [0.1, 0.15) is 0 Å². The third-order valence-corrected chi connectivity index (χ3v) is 2.92. The van der Waals surface area contributed by atoms with Crippen LogP contribution in [0.4, 0.5) is 0 Å². The van der Waals surface area contributed by atoms with Crippen molar-refractivity contribution in [1.29, 1.82) is 0 Å². The van der Waals surface area contributed by atoms with E-state index in [1.165, 1.54) is 25.7 Å². The molecule has 0 aromatic heterocycles. The van der Waals surface area contributed by atoms with Gasteiger partial charge in [0.15, 0.2) is 0 Å². The van der Waals surface area contributed by atoms with Crippen LogP contribution < -0.4 is 0 Å². The molecule has 0 nitrogen and oxygen atoms in total. The Bertz CT molecular complexity index is 126. The van der Waals surface area contributed by atoms with Crippen molar-refractivity contribution >= 4 is 0 Å². The van der Waals surface area contributed by atoms with Crippen molar-refractivity contribution in [3.63, 3.8) is 0 Å². The first kappa shape index (κ1) is 5.52. The van der Waals surface area contributed by atoms with Gasteiger partial charge in [0.2, 0.25) is 0 Å². The number of allylic oxidation sites excluding steroid dienone is 1. The van der Waals surface area contributed by atoms with Crippen LogP contribution in [-0.2, 0) is 0 Å². The zero-order valence-electron chi connectivity index (χ0n) is 5.84. The van der Waals surface area contributed by atoms with E-state index in [4.69, 9.17) is 0 Å². The van der Waals surface area contributed by atoms with Crippen LogP contribution >= 0.6 is 0 Å². The molecule has 2 saturated carbocycles. The lowest BCUT2D eigenvalue weighted by Gasteiger charge is -2.16. The second-order valence-electron chi connectivity index (χ2n) is 3.56. The largest absolute Gasteiger partial charge is 0.103 e. The minimum absolute atomic E-state index is 0.869. The van der Waals surface area contributed by atoms with Gasteiger partial charge in [-0.2, -0.15) is 0 Å². The summed E-state index contributed by atoms with van der Waals surface area (Å²) in [4.78, 5) is 0. The highest BCUT2D eigenvalue weighted by molar-refractivity contribution is 4.96. The van der Waals surface area contributed by atoms with Gasteiger partial charge >= 0.3 is 0 Å². The van der Waals surface area contributed by atoms with Gasteiger partial charge in [-0.1, -0.05) is 6.08 Å². The van der Waals surface area contributed by atoms with Crippen LogP contribution in [-0.4, -0.2) is 0 Å². The lowest BCUT2D eigenvalue weighted by atomic mass is 9.90. The molecular weight excluding hydrogens is 108 g/mol. The second-order valence-corrected chi connectivity index (χ2v) is 3.56. The first-order valence-electron chi connectivity index (χ1n) is 4.02. The molecule has 2 aliphatic carbocycles. The van der Waals surface area contributed by atoms with Crippen molar-refractivity contribution in [2.45, 2.75) is 25.7 Å². The lowest BCUT2D eigenvalue weighted by molar-refractivity contribution is 0.401. The average Bonchev–Trinajstić information content (AvgIpc) is 2.64. The van der Waals surface area contributed by atoms with Crippen molar-refractivity contribution in [2.24, 2.45) is 17.8 Å². The van der Waals surface area contributed by atoms with Crippen LogP contribution in [0.25, 0.3) is 0 Å². The molecule has 2 fully saturated rings. The van der Waals surface area contributed by atoms with E-state index in [-0.39, 0.29) is 0 Å². The summed E-state index contributed by atoms with van der Waals surface area (Å²) in [6.45, 7) is 3.84. The van der Waals surface area contributed by atoms with E-state index in [0.717, 1.165) is 17.8 Å². The van der Waals surface area contributed by atoms with Gasteiger partial charge in [-0.05, 0) is 43.4 Å². The van der Waals surface area contributed by atoms with Gasteiger partial charge in [0, 0.05) is 0 Å². The van der Waals surface area contributed by atoms with Crippen LogP contribution in [0.1, 0.15) is 25.7 Å². The maximum Gasteiger partial charge on any atom is -0.0233 e. The summed E-state index contributed by atoms with van der Waals surface area (Å²) in [6, 6.07) is 0. The van der Waals surface area contributed by atoms with Crippen molar-refractivity contribution in [1.82, 2.24) is 0 Å². The molecule has 2 unspecified atom stereocenters. The minimum Gasteiger partial charge on any atom is -0.103 e. The molecular formula is C9H14. The van der Waals surface area contributed by atoms with Gasteiger partial charge in [0.05, 0.1) is 0 Å². The quantitative estimate of drug-likeness (QED) is 0.469. The maximum atomic E-state index is 3.84. The van der Waals surface area contributed by atoms with Gasteiger partial charge < -0.3 is 0 Å². The third-order valence-electron chi connectivity index (χ3n) is 2.92. The fraction of sp³-hybridized carbons (Fsp3) is 0.778. The molecule has 2 atom stereocenters. The van der Waals surface area contributed by atoms with Crippen LogP contribution in [0.5, 0.6) is 0 Å². The van der Waals surface area contributed by atoms with Gasteiger partial charge in [-0.25, -0.2) is 0 Å². The number of hydrogen-bond donors (Lipinski definition) is 0. The van der Waals surface area contributed by atoms with Crippen molar-refractivity contribution in [3.8, 4) is 0 Å². The Morgan fingerprint density at radius 1 is 1.11 bits per heavy atom. The molecule has 0 amide bonds. The predicted molar refractivity (Wildman–Crippen MR) is 39.1 cm³/mol. The highest BCUT2D eigenvalue weighted by atomic mass is 14.5. The summed E-state index contributed by atoms with van der Waals surface area (Å²) in [5.41, 5.74) is 0. The zero-order valence-corrected chi connectivity index (χ0v) is 5.84. The van der Waals surface area contributed by atoms with Crippen LogP contribution in [0, 0.1) is 17.8 Å². The van der Waals surface area contributed by atoms with Crippen LogP contribution in [0.15, 0.2) is 12.7 Å². The molecule has 2 rings (SSSR count). The van der Waals surface area contributed by atoms with Crippen molar-refractivity contribution in [2.75, 3.05) is 0 Å². The van der Waals surface area contributed by atoms with E-state index in [2.05, 4.69) is 12.7 Å². The smallest absolute Gasteiger partial charge is 0.0233 e. The Labute approximate surface area is 57.0 Å². The van der Waals surface area contributed by atoms with Crippen LogP contribution in [0.3, 0.4) is 0 Å². The van der Waals surface area contributed by atoms with E-state index in [0.29, 0.717) is 0 Å². The number of fused-ring (bicyclic) bond motifs is 1. The highest BCUT2D eigenvalue weighted by Gasteiger charge is 2.40. The Morgan fingerprint density at radius 3 is 2.67 bits per heavy atom. The Kier molecular flexibility index (Phi) is 1.14. The second kappa shape index (κ2) is 1.86. The summed E-state index contributed by atoms with van der Waals surface area (Å²) >= 11 is 0. The summed E-state index contributed by atoms with van der Waals surface area (Å²) in [5, 5.41) is 0. The summed E-state index contributed by atoms with van der Waals surface area (Å²) in [7, 11) is 0.